The number of ether oxygens (including phenoxy) is 1. The summed E-state index contributed by atoms with van der Waals surface area (Å²) in [5, 5.41) is 11.1. The average Bonchev–Trinajstić information content (AvgIpc) is 2.86. The molecule has 1 heterocycles. The van der Waals surface area contributed by atoms with Crippen LogP contribution >= 0.6 is 15.9 Å². The van der Waals surface area contributed by atoms with E-state index < -0.39 is 43.4 Å². The van der Waals surface area contributed by atoms with Crippen LogP contribution in [0.15, 0.2) is 29.2 Å². The summed E-state index contributed by atoms with van der Waals surface area (Å²) >= 11 is 3.36. The van der Waals surface area contributed by atoms with Crippen LogP contribution in [-0.2, 0) is 14.8 Å². The molecule has 1 saturated heterocycles. The summed E-state index contributed by atoms with van der Waals surface area (Å²) in [5.74, 6) is 0. The first-order valence-electron chi connectivity index (χ1n) is 7.82. The third kappa shape index (κ3) is 4.71. The van der Waals surface area contributed by atoms with Crippen molar-refractivity contribution < 1.29 is 22.9 Å². The van der Waals surface area contributed by atoms with Gasteiger partial charge in [-0.05, 0) is 33.3 Å². The second-order valence-corrected chi connectivity index (χ2v) is 9.63. The number of carbonyl (C=O) groups is 1. The number of nitrogens with one attached hydrogen (secondary N) is 1. The van der Waals surface area contributed by atoms with E-state index in [2.05, 4.69) is 20.7 Å². The van der Waals surface area contributed by atoms with Crippen molar-refractivity contribution in [3.63, 3.8) is 0 Å². The molecule has 0 bridgehead atoms. The number of alkyl halides is 1. The predicted molar refractivity (Wildman–Crippen MR) is 97.5 cm³/mol. The maximum absolute atomic E-state index is 12.7. The molecule has 2 rings (SSSR count). The fourth-order valence-electron chi connectivity index (χ4n) is 2.48. The molecular formula is C15H20BrN3O6S. The minimum atomic E-state index is -4.23. The van der Waals surface area contributed by atoms with Gasteiger partial charge < -0.3 is 4.74 Å². The van der Waals surface area contributed by atoms with E-state index >= 15 is 0 Å². The molecule has 0 saturated carbocycles. The lowest BCUT2D eigenvalue weighted by Gasteiger charge is -2.29. The zero-order chi connectivity index (χ0) is 19.7. The van der Waals surface area contributed by atoms with Gasteiger partial charge in [-0.15, -0.1) is 0 Å². The number of nitro groups is 1. The smallest absolute Gasteiger partial charge is 0.411 e. The van der Waals surface area contributed by atoms with E-state index in [4.69, 9.17) is 4.74 Å². The van der Waals surface area contributed by atoms with E-state index in [1.807, 2.05) is 0 Å². The number of para-hydroxylation sites is 1. The first-order valence-corrected chi connectivity index (χ1v) is 10.2. The molecule has 1 amide bonds. The number of nitrogens with zero attached hydrogens (tertiary/aromatic N) is 2. The molecule has 11 heteroatoms. The van der Waals surface area contributed by atoms with E-state index in [1.54, 1.807) is 20.8 Å². The Kier molecular flexibility index (Phi) is 5.93. The van der Waals surface area contributed by atoms with Crippen molar-refractivity contribution in [3.8, 4) is 0 Å². The maximum atomic E-state index is 12.7. The number of halogens is 1. The van der Waals surface area contributed by atoms with E-state index in [-0.39, 0.29) is 11.4 Å². The zero-order valence-corrected chi connectivity index (χ0v) is 16.9. The van der Waals surface area contributed by atoms with Crippen molar-refractivity contribution in [2.45, 2.75) is 48.7 Å². The second-order valence-electron chi connectivity index (χ2n) is 6.77. The SMILES string of the molecule is CC(C)(C)OC(=O)N1CC[C@@H](Br)[C@@H]1NS(=O)(=O)c1ccccc1[N+](=O)[O-]. The van der Waals surface area contributed by atoms with Crippen molar-refractivity contribution in [2.75, 3.05) is 6.54 Å². The largest absolute Gasteiger partial charge is 0.444 e. The molecule has 144 valence electrons. The van der Waals surface area contributed by atoms with Crippen molar-refractivity contribution >= 4 is 37.7 Å². The summed E-state index contributed by atoms with van der Waals surface area (Å²) in [4.78, 5) is 23.2. The lowest BCUT2D eigenvalue weighted by atomic mass is 10.2. The standard InChI is InChI=1S/C15H20BrN3O6S/c1-15(2,3)25-14(20)18-9-8-10(16)13(18)17-26(23,24)12-7-5-4-6-11(12)19(21)22/h4-7,10,13,17H,8-9H2,1-3H3/t10-,13-/m1/s1. The van der Waals surface area contributed by atoms with Crippen LogP contribution in [-0.4, -0.2) is 47.5 Å². The van der Waals surface area contributed by atoms with E-state index in [0.717, 1.165) is 12.1 Å². The topological polar surface area (TPSA) is 119 Å². The van der Waals surface area contributed by atoms with E-state index in [9.17, 15) is 23.3 Å². The van der Waals surface area contributed by atoms with Crippen molar-refractivity contribution in [3.05, 3.63) is 34.4 Å². The molecule has 9 nitrogen and oxygen atoms in total. The number of carbonyl (C=O) groups excluding carboxylic acids is 1. The van der Waals surface area contributed by atoms with Crippen LogP contribution in [0.3, 0.4) is 0 Å². The highest BCUT2D eigenvalue weighted by Crippen LogP contribution is 2.28. The van der Waals surface area contributed by atoms with E-state index in [1.165, 1.54) is 17.0 Å². The summed E-state index contributed by atoms with van der Waals surface area (Å²) in [6.45, 7) is 5.41. The molecule has 1 fully saturated rings. The summed E-state index contributed by atoms with van der Waals surface area (Å²) in [7, 11) is -4.23. The Bertz CT molecular complexity index is 808. The molecule has 1 N–H and O–H groups in total. The Hall–Kier alpha value is -1.72. The predicted octanol–water partition coefficient (Wildman–Crippen LogP) is 2.60. The van der Waals surface area contributed by atoms with Gasteiger partial charge in [0.05, 0.1) is 9.75 Å². The number of benzene rings is 1. The normalized spacial score (nSPS) is 20.8. The lowest BCUT2D eigenvalue weighted by molar-refractivity contribution is -0.387. The average molecular weight is 450 g/mol. The highest BCUT2D eigenvalue weighted by atomic mass is 79.9. The van der Waals surface area contributed by atoms with Crippen LogP contribution in [0, 0.1) is 10.1 Å². The molecular weight excluding hydrogens is 430 g/mol. The van der Waals surface area contributed by atoms with Crippen LogP contribution in [0.25, 0.3) is 0 Å². The minimum Gasteiger partial charge on any atom is -0.444 e. The number of amides is 1. The Morgan fingerprint density at radius 3 is 2.58 bits per heavy atom. The summed E-state index contributed by atoms with van der Waals surface area (Å²) < 4.78 is 33.1. The molecule has 0 radical (unpaired) electrons. The van der Waals surface area contributed by atoms with Crippen molar-refractivity contribution in [1.29, 1.82) is 0 Å². The Labute approximate surface area is 160 Å². The Morgan fingerprint density at radius 1 is 1.38 bits per heavy atom. The Balaban J connectivity index is 2.29. The van der Waals surface area contributed by atoms with Crippen molar-refractivity contribution in [1.82, 2.24) is 9.62 Å². The van der Waals surface area contributed by atoms with Gasteiger partial charge in [-0.2, -0.15) is 4.72 Å². The van der Waals surface area contributed by atoms with Gasteiger partial charge in [0.1, 0.15) is 11.8 Å². The third-order valence-corrected chi connectivity index (χ3v) is 6.01. The van der Waals surface area contributed by atoms with Gasteiger partial charge in [0.15, 0.2) is 4.90 Å². The van der Waals surface area contributed by atoms with Crippen LogP contribution in [0.2, 0.25) is 0 Å². The fraction of sp³-hybridized carbons (Fsp3) is 0.533. The van der Waals surface area contributed by atoms with E-state index in [0.29, 0.717) is 6.42 Å². The lowest BCUT2D eigenvalue weighted by Crippen LogP contribution is -2.51. The fourth-order valence-corrected chi connectivity index (χ4v) is 4.68. The van der Waals surface area contributed by atoms with Gasteiger partial charge in [-0.25, -0.2) is 13.2 Å². The molecule has 1 aromatic rings. The van der Waals surface area contributed by atoms with Gasteiger partial charge in [-0.1, -0.05) is 28.1 Å². The number of likely N-dealkylation sites (tertiary alicyclic amines) is 1. The number of hydrogen-bond acceptors (Lipinski definition) is 6. The van der Waals surface area contributed by atoms with Gasteiger partial charge in [0, 0.05) is 12.6 Å². The number of rotatable bonds is 4. The Morgan fingerprint density at radius 2 is 2.00 bits per heavy atom. The second kappa shape index (κ2) is 7.49. The van der Waals surface area contributed by atoms with Gasteiger partial charge in [-0.3, -0.25) is 15.0 Å². The highest BCUT2D eigenvalue weighted by Gasteiger charge is 2.41. The highest BCUT2D eigenvalue weighted by molar-refractivity contribution is 9.09. The number of hydrogen-bond donors (Lipinski definition) is 1. The van der Waals surface area contributed by atoms with Gasteiger partial charge >= 0.3 is 6.09 Å². The molecule has 2 atom stereocenters. The van der Waals surface area contributed by atoms with Crippen LogP contribution in [0.4, 0.5) is 10.5 Å². The van der Waals surface area contributed by atoms with Crippen LogP contribution < -0.4 is 4.72 Å². The van der Waals surface area contributed by atoms with Gasteiger partial charge in [0.2, 0.25) is 10.0 Å². The molecule has 26 heavy (non-hydrogen) atoms. The number of nitro benzene ring substituents is 1. The monoisotopic (exact) mass is 449 g/mol. The summed E-state index contributed by atoms with van der Waals surface area (Å²) in [5.41, 5.74) is -1.27. The molecule has 1 aromatic carbocycles. The van der Waals surface area contributed by atoms with Crippen LogP contribution in [0.1, 0.15) is 27.2 Å². The van der Waals surface area contributed by atoms with Crippen molar-refractivity contribution in [2.24, 2.45) is 0 Å². The summed E-state index contributed by atoms with van der Waals surface area (Å²) in [6, 6.07) is 5.04. The molecule has 0 unspecified atom stereocenters. The molecule has 0 aliphatic carbocycles. The molecule has 1 aliphatic rings. The molecule has 0 spiro atoms. The van der Waals surface area contributed by atoms with Crippen LogP contribution in [0.5, 0.6) is 0 Å². The maximum Gasteiger partial charge on any atom is 0.411 e. The molecule has 0 aromatic heterocycles. The minimum absolute atomic E-state index is 0.287. The summed E-state index contributed by atoms with van der Waals surface area (Å²) in [6.07, 6.45) is -1.08. The van der Waals surface area contributed by atoms with Gasteiger partial charge in [0.25, 0.3) is 5.69 Å². The molecule has 1 aliphatic heterocycles. The number of sulfonamides is 1. The first kappa shape index (κ1) is 20.6. The zero-order valence-electron chi connectivity index (χ0n) is 14.5. The quantitative estimate of drug-likeness (QED) is 0.428. The third-order valence-electron chi connectivity index (χ3n) is 3.58. The first-order chi connectivity index (χ1) is 11.9.